The summed E-state index contributed by atoms with van der Waals surface area (Å²) >= 11 is 0. The molecule has 15 heavy (non-hydrogen) atoms. The zero-order valence-corrected chi connectivity index (χ0v) is 10.6. The summed E-state index contributed by atoms with van der Waals surface area (Å²) in [4.78, 5) is 2.64. The van der Waals surface area contributed by atoms with Crippen molar-refractivity contribution in [2.45, 2.75) is 64.5 Å². The minimum absolute atomic E-state index is 0.399. The number of rotatable bonds is 4. The molecule has 0 bridgehead atoms. The first-order valence-electron chi connectivity index (χ1n) is 6.51. The summed E-state index contributed by atoms with van der Waals surface area (Å²) in [6.07, 6.45) is 6.61. The average molecular weight is 210 g/mol. The molecule has 1 atom stereocenters. The van der Waals surface area contributed by atoms with Crippen LogP contribution < -0.4 is 5.73 Å². The summed E-state index contributed by atoms with van der Waals surface area (Å²) in [5, 5.41) is 0. The molecule has 1 spiro atoms. The molecule has 88 valence electrons. The maximum atomic E-state index is 6.10. The molecule has 0 amide bonds. The lowest BCUT2D eigenvalue weighted by molar-refractivity contribution is -0.124. The van der Waals surface area contributed by atoms with E-state index in [4.69, 9.17) is 5.73 Å². The predicted molar refractivity (Wildman–Crippen MR) is 64.8 cm³/mol. The number of nitrogens with two attached hydrogens (primary N) is 1. The Morgan fingerprint density at radius 2 is 2.07 bits per heavy atom. The van der Waals surface area contributed by atoms with Gasteiger partial charge in [0.2, 0.25) is 0 Å². The van der Waals surface area contributed by atoms with E-state index in [1.807, 2.05) is 0 Å². The Bertz CT molecular complexity index is 229. The molecule has 2 fully saturated rings. The van der Waals surface area contributed by atoms with Gasteiger partial charge in [-0.15, -0.1) is 0 Å². The highest BCUT2D eigenvalue weighted by Crippen LogP contribution is 2.49. The van der Waals surface area contributed by atoms with Crippen molar-refractivity contribution in [2.75, 3.05) is 13.1 Å². The molecular weight excluding hydrogens is 184 g/mol. The minimum Gasteiger partial charge on any atom is -0.327 e. The molecule has 1 unspecified atom stereocenters. The Hall–Kier alpha value is -0.0800. The van der Waals surface area contributed by atoms with Crippen LogP contribution in [0, 0.1) is 5.41 Å². The fraction of sp³-hybridized carbons (Fsp3) is 1.00. The summed E-state index contributed by atoms with van der Waals surface area (Å²) in [5.74, 6) is 0. The topological polar surface area (TPSA) is 29.3 Å². The van der Waals surface area contributed by atoms with E-state index in [9.17, 15) is 0 Å². The SMILES string of the molecule is CCCCC(C)(C)N1CC2(CCC2N)C1. The first kappa shape index (κ1) is 11.4. The zero-order valence-electron chi connectivity index (χ0n) is 10.6. The van der Waals surface area contributed by atoms with Gasteiger partial charge in [0.05, 0.1) is 0 Å². The lowest BCUT2D eigenvalue weighted by Crippen LogP contribution is -2.72. The van der Waals surface area contributed by atoms with Gasteiger partial charge >= 0.3 is 0 Å². The number of unbranched alkanes of at least 4 members (excludes halogenated alkanes) is 1. The fourth-order valence-electron chi connectivity index (χ4n) is 3.02. The molecule has 2 rings (SSSR count). The number of hydrogen-bond donors (Lipinski definition) is 1. The maximum Gasteiger partial charge on any atom is 0.0153 e. The van der Waals surface area contributed by atoms with Crippen molar-refractivity contribution >= 4 is 0 Å². The minimum atomic E-state index is 0.399. The van der Waals surface area contributed by atoms with Crippen molar-refractivity contribution in [1.82, 2.24) is 4.90 Å². The quantitative estimate of drug-likeness (QED) is 0.772. The van der Waals surface area contributed by atoms with Crippen LogP contribution in [-0.2, 0) is 0 Å². The summed E-state index contributed by atoms with van der Waals surface area (Å²) in [7, 11) is 0. The Balaban J connectivity index is 1.82. The second-order valence-electron chi connectivity index (χ2n) is 6.28. The van der Waals surface area contributed by atoms with Crippen LogP contribution in [0.4, 0.5) is 0 Å². The first-order valence-corrected chi connectivity index (χ1v) is 6.51. The third-order valence-corrected chi connectivity index (χ3v) is 4.75. The van der Waals surface area contributed by atoms with Crippen molar-refractivity contribution in [3.63, 3.8) is 0 Å². The third-order valence-electron chi connectivity index (χ3n) is 4.75. The normalized spacial score (nSPS) is 30.0. The molecule has 0 aromatic rings. The Morgan fingerprint density at radius 1 is 1.40 bits per heavy atom. The smallest absolute Gasteiger partial charge is 0.0153 e. The van der Waals surface area contributed by atoms with Gasteiger partial charge in [0.1, 0.15) is 0 Å². The van der Waals surface area contributed by atoms with Crippen LogP contribution in [0.2, 0.25) is 0 Å². The molecular formula is C13H26N2. The molecule has 2 nitrogen and oxygen atoms in total. The third kappa shape index (κ3) is 1.83. The molecule has 0 radical (unpaired) electrons. The summed E-state index contributed by atoms with van der Waals surface area (Å²) in [6.45, 7) is 9.56. The van der Waals surface area contributed by atoms with Crippen LogP contribution in [0.5, 0.6) is 0 Å². The molecule has 0 aromatic carbocycles. The predicted octanol–water partition coefficient (Wildman–Crippen LogP) is 2.38. The number of nitrogens with zero attached hydrogens (tertiary/aromatic N) is 1. The van der Waals surface area contributed by atoms with E-state index in [0.29, 0.717) is 17.0 Å². The molecule has 2 aliphatic rings. The average Bonchev–Trinajstić information content (AvgIpc) is 2.10. The van der Waals surface area contributed by atoms with E-state index in [2.05, 4.69) is 25.7 Å². The number of likely N-dealkylation sites (tertiary alicyclic amines) is 1. The molecule has 1 heterocycles. The molecule has 1 saturated heterocycles. The van der Waals surface area contributed by atoms with Crippen LogP contribution in [0.3, 0.4) is 0 Å². The second kappa shape index (κ2) is 3.74. The lowest BCUT2D eigenvalue weighted by atomic mass is 9.59. The Kier molecular flexibility index (Phi) is 2.85. The van der Waals surface area contributed by atoms with Crippen molar-refractivity contribution in [3.05, 3.63) is 0 Å². The van der Waals surface area contributed by atoms with Crippen molar-refractivity contribution in [2.24, 2.45) is 11.1 Å². The zero-order chi connectivity index (χ0) is 11.1. The van der Waals surface area contributed by atoms with E-state index in [1.54, 1.807) is 0 Å². The van der Waals surface area contributed by atoms with E-state index in [1.165, 1.54) is 45.2 Å². The molecule has 1 aliphatic carbocycles. The van der Waals surface area contributed by atoms with Crippen LogP contribution in [0.1, 0.15) is 52.9 Å². The summed E-state index contributed by atoms with van der Waals surface area (Å²) in [5.41, 5.74) is 7.03. The Labute approximate surface area is 94.2 Å². The van der Waals surface area contributed by atoms with Gasteiger partial charge in [-0.25, -0.2) is 0 Å². The van der Waals surface area contributed by atoms with Crippen LogP contribution in [-0.4, -0.2) is 29.6 Å². The van der Waals surface area contributed by atoms with Crippen LogP contribution in [0.25, 0.3) is 0 Å². The van der Waals surface area contributed by atoms with E-state index in [0.717, 1.165) is 0 Å². The van der Waals surface area contributed by atoms with E-state index in [-0.39, 0.29) is 0 Å². The lowest BCUT2D eigenvalue weighted by Gasteiger charge is -2.63. The standard InChI is InChI=1S/C13H26N2/c1-4-5-7-12(2,3)15-9-13(10-15)8-6-11(13)14/h11H,4-10,14H2,1-3H3. The first-order chi connectivity index (χ1) is 7.00. The van der Waals surface area contributed by atoms with Gasteiger partial charge in [-0.05, 0) is 33.1 Å². The maximum absolute atomic E-state index is 6.10. The highest BCUT2D eigenvalue weighted by molar-refractivity contribution is 5.11. The highest BCUT2D eigenvalue weighted by Gasteiger charge is 2.55. The van der Waals surface area contributed by atoms with Crippen LogP contribution in [0.15, 0.2) is 0 Å². The highest BCUT2D eigenvalue weighted by atomic mass is 15.3. The summed E-state index contributed by atoms with van der Waals surface area (Å²) in [6, 6.07) is 0.496. The molecule has 1 aliphatic heterocycles. The molecule has 2 heteroatoms. The molecule has 0 aromatic heterocycles. The van der Waals surface area contributed by atoms with Gasteiger partial charge in [-0.1, -0.05) is 19.8 Å². The molecule has 2 N–H and O–H groups in total. The van der Waals surface area contributed by atoms with Gasteiger partial charge in [0.15, 0.2) is 0 Å². The van der Waals surface area contributed by atoms with Gasteiger partial charge < -0.3 is 5.73 Å². The van der Waals surface area contributed by atoms with Crippen molar-refractivity contribution in [1.29, 1.82) is 0 Å². The van der Waals surface area contributed by atoms with Crippen molar-refractivity contribution < 1.29 is 0 Å². The van der Waals surface area contributed by atoms with Crippen molar-refractivity contribution in [3.8, 4) is 0 Å². The Morgan fingerprint density at radius 3 is 2.47 bits per heavy atom. The van der Waals surface area contributed by atoms with Gasteiger partial charge in [0, 0.05) is 30.1 Å². The summed E-state index contributed by atoms with van der Waals surface area (Å²) < 4.78 is 0. The molecule has 1 saturated carbocycles. The fourth-order valence-corrected chi connectivity index (χ4v) is 3.02. The largest absolute Gasteiger partial charge is 0.327 e. The van der Waals surface area contributed by atoms with E-state index >= 15 is 0 Å². The van der Waals surface area contributed by atoms with Crippen LogP contribution >= 0.6 is 0 Å². The van der Waals surface area contributed by atoms with Gasteiger partial charge in [-0.2, -0.15) is 0 Å². The number of hydrogen-bond acceptors (Lipinski definition) is 2. The van der Waals surface area contributed by atoms with E-state index < -0.39 is 0 Å². The van der Waals surface area contributed by atoms with Gasteiger partial charge in [0.25, 0.3) is 0 Å². The second-order valence-corrected chi connectivity index (χ2v) is 6.28. The monoisotopic (exact) mass is 210 g/mol. The van der Waals surface area contributed by atoms with Gasteiger partial charge in [-0.3, -0.25) is 4.90 Å².